The minimum Gasteiger partial charge on any atom is -0.478 e. The number of carboxylic acids is 1. The van der Waals surface area contributed by atoms with Gasteiger partial charge in [0.05, 0.1) is 5.56 Å². The molecule has 1 fully saturated rings. The number of benzene rings is 1. The van der Waals surface area contributed by atoms with Crippen LogP contribution in [0.2, 0.25) is 0 Å². The molecular weight excluding hydrogens is 268 g/mol. The van der Waals surface area contributed by atoms with Crippen LogP contribution in [0.1, 0.15) is 41.6 Å². The van der Waals surface area contributed by atoms with Crippen LogP contribution in [-0.4, -0.2) is 35.6 Å². The van der Waals surface area contributed by atoms with Gasteiger partial charge in [0.25, 0.3) is 0 Å². The highest BCUT2D eigenvalue weighted by Crippen LogP contribution is 2.33. The molecule has 0 unspecified atom stereocenters. The molecule has 2 N–H and O–H groups in total. The van der Waals surface area contributed by atoms with E-state index in [9.17, 15) is 9.59 Å². The van der Waals surface area contributed by atoms with E-state index in [1.54, 1.807) is 36.2 Å². The van der Waals surface area contributed by atoms with E-state index in [0.29, 0.717) is 6.54 Å². The minimum atomic E-state index is -0.941. The van der Waals surface area contributed by atoms with Gasteiger partial charge in [0.1, 0.15) is 0 Å². The lowest BCUT2D eigenvalue weighted by Gasteiger charge is -2.18. The van der Waals surface area contributed by atoms with E-state index in [2.05, 4.69) is 5.32 Å². The fraction of sp³-hybridized carbons (Fsp3) is 0.500. The molecule has 5 heteroatoms. The number of nitrogens with zero attached hydrogens (tertiary/aromatic N) is 1. The van der Waals surface area contributed by atoms with Gasteiger partial charge in [-0.2, -0.15) is 0 Å². The predicted octanol–water partition coefficient (Wildman–Crippen LogP) is 2.72. The highest BCUT2D eigenvalue weighted by atomic mass is 16.4. The van der Waals surface area contributed by atoms with Gasteiger partial charge >= 0.3 is 12.0 Å². The number of carbonyl (C=O) groups excluding carboxylic acids is 1. The van der Waals surface area contributed by atoms with Crippen molar-refractivity contribution in [2.75, 3.05) is 13.6 Å². The standard InChI is InChI=1S/C16H22N2O3/c1-18(16(21)17-10-2-3-12-4-5-12)11-13-6-8-14(9-7-13)15(19)20/h6-9,12H,2-5,10-11H2,1H3,(H,17,21)(H,19,20). The first-order valence-electron chi connectivity index (χ1n) is 7.37. The van der Waals surface area contributed by atoms with E-state index in [1.807, 2.05) is 0 Å². The Morgan fingerprint density at radius 2 is 1.95 bits per heavy atom. The Labute approximate surface area is 125 Å². The number of carboxylic acid groups (broad SMARTS) is 1. The summed E-state index contributed by atoms with van der Waals surface area (Å²) >= 11 is 0. The van der Waals surface area contributed by atoms with E-state index in [0.717, 1.165) is 24.4 Å². The Bertz CT molecular complexity index is 495. The molecule has 1 aromatic rings. The van der Waals surface area contributed by atoms with E-state index in [1.165, 1.54) is 19.3 Å². The second-order valence-corrected chi connectivity index (χ2v) is 5.68. The lowest BCUT2D eigenvalue weighted by atomic mass is 10.1. The van der Waals surface area contributed by atoms with Crippen LogP contribution < -0.4 is 5.32 Å². The van der Waals surface area contributed by atoms with Crippen LogP contribution >= 0.6 is 0 Å². The summed E-state index contributed by atoms with van der Waals surface area (Å²) in [5.74, 6) is -0.0457. The van der Waals surface area contributed by atoms with Crippen molar-refractivity contribution in [1.29, 1.82) is 0 Å². The van der Waals surface area contributed by atoms with Crippen molar-refractivity contribution in [1.82, 2.24) is 10.2 Å². The van der Waals surface area contributed by atoms with Crippen LogP contribution in [0.4, 0.5) is 4.79 Å². The molecule has 1 saturated carbocycles. The zero-order chi connectivity index (χ0) is 15.2. The fourth-order valence-corrected chi connectivity index (χ4v) is 2.23. The molecule has 1 aliphatic carbocycles. The first-order chi connectivity index (χ1) is 10.1. The van der Waals surface area contributed by atoms with Gasteiger partial charge in [-0.1, -0.05) is 25.0 Å². The number of nitrogens with one attached hydrogen (secondary N) is 1. The van der Waals surface area contributed by atoms with Crippen molar-refractivity contribution >= 4 is 12.0 Å². The monoisotopic (exact) mass is 290 g/mol. The summed E-state index contributed by atoms with van der Waals surface area (Å²) < 4.78 is 0. The first kappa shape index (κ1) is 15.4. The third kappa shape index (κ3) is 5.10. The molecule has 5 nitrogen and oxygen atoms in total. The van der Waals surface area contributed by atoms with Crippen LogP contribution in [0.3, 0.4) is 0 Å². The topological polar surface area (TPSA) is 69.6 Å². The third-order valence-electron chi connectivity index (χ3n) is 3.73. The van der Waals surface area contributed by atoms with E-state index >= 15 is 0 Å². The molecule has 2 rings (SSSR count). The SMILES string of the molecule is CN(Cc1ccc(C(=O)O)cc1)C(=O)NCCCC1CC1. The Kier molecular flexibility index (Phi) is 5.20. The smallest absolute Gasteiger partial charge is 0.335 e. The predicted molar refractivity (Wildman–Crippen MR) is 80.2 cm³/mol. The van der Waals surface area contributed by atoms with Crippen molar-refractivity contribution < 1.29 is 14.7 Å². The molecule has 1 aliphatic rings. The van der Waals surface area contributed by atoms with Crippen molar-refractivity contribution in [3.8, 4) is 0 Å². The normalized spacial score (nSPS) is 13.8. The molecule has 0 atom stereocenters. The van der Waals surface area contributed by atoms with Gasteiger partial charge in [0, 0.05) is 20.1 Å². The summed E-state index contributed by atoms with van der Waals surface area (Å²) in [5, 5.41) is 11.7. The highest BCUT2D eigenvalue weighted by Gasteiger charge is 2.20. The number of aromatic carboxylic acids is 1. The number of urea groups is 1. The van der Waals surface area contributed by atoms with E-state index in [-0.39, 0.29) is 11.6 Å². The summed E-state index contributed by atoms with van der Waals surface area (Å²) in [5.41, 5.74) is 1.17. The molecular formula is C16H22N2O3. The van der Waals surface area contributed by atoms with E-state index < -0.39 is 5.97 Å². The maximum absolute atomic E-state index is 11.9. The van der Waals surface area contributed by atoms with Gasteiger partial charge in [0.15, 0.2) is 0 Å². The Morgan fingerprint density at radius 3 is 2.52 bits per heavy atom. The van der Waals surface area contributed by atoms with Gasteiger partial charge < -0.3 is 15.3 Å². The number of rotatable bonds is 7. The molecule has 1 aromatic carbocycles. The Hall–Kier alpha value is -2.04. The summed E-state index contributed by atoms with van der Waals surface area (Å²) in [6, 6.07) is 6.49. The van der Waals surface area contributed by atoms with Crippen LogP contribution in [0.15, 0.2) is 24.3 Å². The number of amides is 2. The van der Waals surface area contributed by atoms with Gasteiger partial charge in [-0.25, -0.2) is 9.59 Å². The second-order valence-electron chi connectivity index (χ2n) is 5.68. The van der Waals surface area contributed by atoms with Crippen LogP contribution in [0.5, 0.6) is 0 Å². The molecule has 2 amide bonds. The van der Waals surface area contributed by atoms with Crippen molar-refractivity contribution in [3.05, 3.63) is 35.4 Å². The third-order valence-corrected chi connectivity index (χ3v) is 3.73. The van der Waals surface area contributed by atoms with Crippen molar-refractivity contribution in [3.63, 3.8) is 0 Å². The quantitative estimate of drug-likeness (QED) is 0.759. The molecule has 0 bridgehead atoms. The lowest BCUT2D eigenvalue weighted by molar-refractivity contribution is 0.0697. The summed E-state index contributed by atoms with van der Waals surface area (Å²) in [6.07, 6.45) is 4.94. The fourth-order valence-electron chi connectivity index (χ4n) is 2.23. The van der Waals surface area contributed by atoms with Crippen LogP contribution in [-0.2, 0) is 6.54 Å². The summed E-state index contributed by atoms with van der Waals surface area (Å²) in [7, 11) is 1.74. The van der Waals surface area contributed by atoms with Gasteiger partial charge in [0.2, 0.25) is 0 Å². The Morgan fingerprint density at radius 1 is 1.29 bits per heavy atom. The van der Waals surface area contributed by atoms with E-state index in [4.69, 9.17) is 5.11 Å². The average molecular weight is 290 g/mol. The largest absolute Gasteiger partial charge is 0.478 e. The molecule has 114 valence electrons. The Balaban J connectivity index is 1.72. The van der Waals surface area contributed by atoms with Crippen molar-refractivity contribution in [2.24, 2.45) is 5.92 Å². The molecule has 0 aliphatic heterocycles. The molecule has 0 heterocycles. The molecule has 0 spiro atoms. The zero-order valence-corrected chi connectivity index (χ0v) is 12.3. The molecule has 0 aromatic heterocycles. The molecule has 0 saturated heterocycles. The van der Waals surface area contributed by atoms with Crippen molar-refractivity contribution in [2.45, 2.75) is 32.2 Å². The van der Waals surface area contributed by atoms with Gasteiger partial charge in [-0.15, -0.1) is 0 Å². The average Bonchev–Trinajstić information content (AvgIpc) is 3.28. The number of hydrogen-bond acceptors (Lipinski definition) is 2. The van der Waals surface area contributed by atoms with Gasteiger partial charge in [-0.3, -0.25) is 0 Å². The van der Waals surface area contributed by atoms with Crippen LogP contribution in [0, 0.1) is 5.92 Å². The minimum absolute atomic E-state index is 0.0897. The highest BCUT2D eigenvalue weighted by molar-refractivity contribution is 5.87. The van der Waals surface area contributed by atoms with Gasteiger partial charge in [-0.05, 0) is 36.5 Å². The van der Waals surface area contributed by atoms with Crippen LogP contribution in [0.25, 0.3) is 0 Å². The molecule has 0 radical (unpaired) electrons. The first-order valence-corrected chi connectivity index (χ1v) is 7.37. The molecule has 21 heavy (non-hydrogen) atoms. The second kappa shape index (κ2) is 7.11. The number of hydrogen-bond donors (Lipinski definition) is 2. The maximum atomic E-state index is 11.9. The maximum Gasteiger partial charge on any atom is 0.335 e. The summed E-state index contributed by atoms with van der Waals surface area (Å²) in [4.78, 5) is 24.3. The summed E-state index contributed by atoms with van der Waals surface area (Å²) in [6.45, 7) is 1.19. The lowest BCUT2D eigenvalue weighted by Crippen LogP contribution is -2.37. The number of carbonyl (C=O) groups is 2. The zero-order valence-electron chi connectivity index (χ0n) is 12.3.